The molecule has 1 N–H and O–H groups in total. The van der Waals surface area contributed by atoms with Gasteiger partial charge in [0, 0.05) is 62.3 Å². The largest absolute Gasteiger partial charge is 0.381 e. The van der Waals surface area contributed by atoms with Crippen molar-refractivity contribution in [1.29, 1.82) is 0 Å². The summed E-state index contributed by atoms with van der Waals surface area (Å²) in [6.45, 7) is 8.79. The third kappa shape index (κ3) is 4.85. The number of alkyl halides is 2. The van der Waals surface area contributed by atoms with Gasteiger partial charge in [-0.2, -0.15) is 5.10 Å². The van der Waals surface area contributed by atoms with E-state index >= 15 is 0 Å². The molecule has 0 spiro atoms. The topological polar surface area (TPSA) is 75.5 Å². The summed E-state index contributed by atoms with van der Waals surface area (Å²) in [7, 11) is 1.63. The maximum Gasteiger partial charge on any atom is 0.317 e. The minimum Gasteiger partial charge on any atom is -0.381 e. The van der Waals surface area contributed by atoms with Gasteiger partial charge in [-0.05, 0) is 38.7 Å². The highest BCUT2D eigenvalue weighted by Crippen LogP contribution is 2.40. The summed E-state index contributed by atoms with van der Waals surface area (Å²) in [6.07, 6.45) is 1.53. The first-order valence-electron chi connectivity index (χ1n) is 12.7. The number of aromatic nitrogens is 3. The first-order chi connectivity index (χ1) is 17.0. The molecule has 0 aromatic carbocycles. The van der Waals surface area contributed by atoms with Crippen LogP contribution in [0.3, 0.4) is 0 Å². The van der Waals surface area contributed by atoms with Crippen LogP contribution in [-0.2, 0) is 24.1 Å². The molecule has 0 radical (unpaired) electrons. The Bertz CT molecular complexity index is 1050. The maximum absolute atomic E-state index is 13.7. The third-order valence-corrected chi connectivity index (χ3v) is 6.99. The van der Waals surface area contributed by atoms with Gasteiger partial charge in [-0.3, -0.25) is 9.67 Å². The van der Waals surface area contributed by atoms with Crippen molar-refractivity contribution in [3.05, 3.63) is 34.3 Å². The molecule has 5 heterocycles. The zero-order chi connectivity index (χ0) is 25.1. The third-order valence-electron chi connectivity index (χ3n) is 6.99. The number of urea groups is 1. The summed E-state index contributed by atoms with van der Waals surface area (Å²) in [5, 5.41) is 7.78. The Labute approximate surface area is 205 Å². The van der Waals surface area contributed by atoms with Crippen molar-refractivity contribution < 1.29 is 18.3 Å². The van der Waals surface area contributed by atoms with Gasteiger partial charge in [-0.1, -0.05) is 13.8 Å². The molecular weight excluding hydrogens is 454 g/mol. The highest BCUT2D eigenvalue weighted by molar-refractivity contribution is 5.75. The van der Waals surface area contributed by atoms with Gasteiger partial charge in [0.1, 0.15) is 0 Å². The summed E-state index contributed by atoms with van der Waals surface area (Å²) in [6, 6.07) is 1.70. The van der Waals surface area contributed by atoms with Crippen LogP contribution in [0.2, 0.25) is 0 Å². The van der Waals surface area contributed by atoms with E-state index in [2.05, 4.69) is 15.0 Å². The molecule has 0 unspecified atom stereocenters. The van der Waals surface area contributed by atoms with Gasteiger partial charge in [0.2, 0.25) is 0 Å². The Kier molecular flexibility index (Phi) is 7.88. The number of pyridine rings is 1. The molecule has 8 nitrogen and oxygen atoms in total. The van der Waals surface area contributed by atoms with E-state index in [0.717, 1.165) is 48.5 Å². The van der Waals surface area contributed by atoms with E-state index in [1.165, 1.54) is 0 Å². The van der Waals surface area contributed by atoms with Gasteiger partial charge in [-0.15, -0.1) is 0 Å². The summed E-state index contributed by atoms with van der Waals surface area (Å²) in [4.78, 5) is 20.7. The van der Waals surface area contributed by atoms with E-state index in [0.29, 0.717) is 50.7 Å². The van der Waals surface area contributed by atoms with Crippen LogP contribution in [0.1, 0.15) is 73.8 Å². The number of hydrogen-bond donors (Lipinski definition) is 1. The fourth-order valence-electron chi connectivity index (χ4n) is 5.25. The van der Waals surface area contributed by atoms with Crippen molar-refractivity contribution in [3.63, 3.8) is 0 Å². The Morgan fingerprint density at radius 1 is 1.20 bits per heavy atom. The number of carbonyl (C=O) groups excluding carboxylic acids is 1. The Hall–Kier alpha value is -2.75. The molecule has 2 aromatic rings. The van der Waals surface area contributed by atoms with Crippen LogP contribution in [0.4, 0.5) is 25.1 Å². The van der Waals surface area contributed by atoms with E-state index in [1.54, 1.807) is 24.9 Å². The van der Waals surface area contributed by atoms with Gasteiger partial charge in [0.25, 0.3) is 6.43 Å². The molecule has 2 aromatic heterocycles. The number of rotatable bonds is 3. The number of fused-ring (bicyclic) bond motifs is 2. The predicted molar refractivity (Wildman–Crippen MR) is 130 cm³/mol. The SMILES string of the molecule is CC.CNC(=O)N1CCc2c(c(N3CCCc4nc(C)c(C(F)F)cc43)nn2C2CCOCC2)C1. The smallest absolute Gasteiger partial charge is 0.317 e. The molecular formula is C25H36F2N6O2. The minimum atomic E-state index is -2.58. The molecule has 0 saturated carbocycles. The number of nitrogens with one attached hydrogen (secondary N) is 1. The minimum absolute atomic E-state index is 0.0367. The average Bonchev–Trinajstić information content (AvgIpc) is 3.27. The maximum atomic E-state index is 13.7. The van der Waals surface area contributed by atoms with Gasteiger partial charge < -0.3 is 19.9 Å². The monoisotopic (exact) mass is 490 g/mol. The van der Waals surface area contributed by atoms with Crippen molar-refractivity contribution in [2.45, 2.75) is 71.9 Å². The first-order valence-corrected chi connectivity index (χ1v) is 12.7. The number of halogens is 2. The zero-order valence-corrected chi connectivity index (χ0v) is 21.1. The molecule has 10 heteroatoms. The average molecular weight is 491 g/mol. The molecule has 0 bridgehead atoms. The van der Waals surface area contributed by atoms with Crippen LogP contribution in [0.5, 0.6) is 0 Å². The van der Waals surface area contributed by atoms with Gasteiger partial charge in [-0.25, -0.2) is 13.6 Å². The van der Waals surface area contributed by atoms with Crippen molar-refractivity contribution in [2.75, 3.05) is 38.3 Å². The molecule has 192 valence electrons. The molecule has 3 aliphatic rings. The summed E-state index contributed by atoms with van der Waals surface area (Å²) in [5.74, 6) is 0.761. The number of aryl methyl sites for hydroxylation is 2. The summed E-state index contributed by atoms with van der Waals surface area (Å²) >= 11 is 0. The lowest BCUT2D eigenvalue weighted by Gasteiger charge is -2.32. The Morgan fingerprint density at radius 2 is 1.94 bits per heavy atom. The highest BCUT2D eigenvalue weighted by Gasteiger charge is 2.34. The number of amides is 2. The quantitative estimate of drug-likeness (QED) is 0.676. The van der Waals surface area contributed by atoms with Crippen molar-refractivity contribution in [3.8, 4) is 0 Å². The molecule has 2 amide bonds. The number of nitrogens with zero attached hydrogens (tertiary/aromatic N) is 5. The van der Waals surface area contributed by atoms with Crippen LogP contribution in [0, 0.1) is 6.92 Å². The molecule has 0 aliphatic carbocycles. The Morgan fingerprint density at radius 3 is 2.63 bits per heavy atom. The standard InChI is InChI=1S/C23H30F2N6O2.C2H6/c1-14-16(21(24)25)12-20-18(27-14)4-3-8-30(20)22-17-13-29(23(32)26-2)9-5-19(17)31(28-22)15-6-10-33-11-7-15;1-2/h12,15,21H,3-11,13H2,1-2H3,(H,26,32);1-2H3. The lowest BCUT2D eigenvalue weighted by molar-refractivity contribution is 0.0651. The second kappa shape index (κ2) is 10.9. The van der Waals surface area contributed by atoms with E-state index < -0.39 is 6.43 Å². The van der Waals surface area contributed by atoms with Gasteiger partial charge in [0.05, 0.1) is 24.0 Å². The van der Waals surface area contributed by atoms with E-state index in [4.69, 9.17) is 9.84 Å². The van der Waals surface area contributed by atoms with Crippen LogP contribution in [0.15, 0.2) is 6.07 Å². The van der Waals surface area contributed by atoms with Crippen LogP contribution in [-0.4, -0.2) is 59.0 Å². The Balaban J connectivity index is 0.00000141. The predicted octanol–water partition coefficient (Wildman–Crippen LogP) is 4.68. The van der Waals surface area contributed by atoms with E-state index in [1.807, 2.05) is 18.7 Å². The summed E-state index contributed by atoms with van der Waals surface area (Å²) < 4.78 is 35.0. The fourth-order valence-corrected chi connectivity index (χ4v) is 5.25. The second-order valence-electron chi connectivity index (χ2n) is 8.95. The normalized spacial score (nSPS) is 18.0. The van der Waals surface area contributed by atoms with Crippen molar-refractivity contribution in [1.82, 2.24) is 25.0 Å². The molecule has 35 heavy (non-hydrogen) atoms. The van der Waals surface area contributed by atoms with Crippen LogP contribution in [0.25, 0.3) is 0 Å². The summed E-state index contributed by atoms with van der Waals surface area (Å²) in [5.41, 5.74) is 4.02. The first kappa shape index (κ1) is 25.3. The van der Waals surface area contributed by atoms with Crippen molar-refractivity contribution in [2.24, 2.45) is 0 Å². The van der Waals surface area contributed by atoms with E-state index in [9.17, 15) is 13.6 Å². The number of anilines is 2. The van der Waals surface area contributed by atoms with Crippen LogP contribution < -0.4 is 10.2 Å². The number of hydrogen-bond acceptors (Lipinski definition) is 5. The lowest BCUT2D eigenvalue weighted by Crippen LogP contribution is -2.42. The number of carbonyl (C=O) groups is 1. The molecule has 3 aliphatic heterocycles. The molecule has 1 fully saturated rings. The van der Waals surface area contributed by atoms with Gasteiger partial charge in [0.15, 0.2) is 5.82 Å². The number of ether oxygens (including phenoxy) is 1. The second-order valence-corrected chi connectivity index (χ2v) is 8.95. The molecule has 0 atom stereocenters. The van der Waals surface area contributed by atoms with Crippen LogP contribution >= 0.6 is 0 Å². The molecule has 1 saturated heterocycles. The fraction of sp³-hybridized carbons (Fsp3) is 0.640. The zero-order valence-electron chi connectivity index (χ0n) is 21.1. The molecule has 5 rings (SSSR count). The highest BCUT2D eigenvalue weighted by atomic mass is 19.3. The van der Waals surface area contributed by atoms with Gasteiger partial charge >= 0.3 is 6.03 Å². The lowest BCUT2D eigenvalue weighted by atomic mass is 10.0. The van der Waals surface area contributed by atoms with Crippen molar-refractivity contribution >= 4 is 17.5 Å². The van der Waals surface area contributed by atoms with E-state index in [-0.39, 0.29) is 17.6 Å².